The Labute approximate surface area is 565 Å². The molecular formula is C63H103N21O13. The maximum absolute atomic E-state index is 14.7. The van der Waals surface area contributed by atoms with E-state index in [0.717, 1.165) is 5.56 Å². The zero-order chi connectivity index (χ0) is 72.0. The Morgan fingerprint density at radius 2 is 1.10 bits per heavy atom. The summed E-state index contributed by atoms with van der Waals surface area (Å²) >= 11 is 0. The number of nitrogens with zero attached hydrogens (tertiary/aromatic N) is 4. The van der Waals surface area contributed by atoms with Gasteiger partial charge in [0.05, 0.1) is 13.0 Å². The predicted octanol–water partition coefficient (Wildman–Crippen LogP) is -4.02. The van der Waals surface area contributed by atoms with E-state index in [1.165, 1.54) is 17.0 Å². The molecule has 0 unspecified atom stereocenters. The Hall–Kier alpha value is -9.86. The highest BCUT2D eigenvalue weighted by Crippen LogP contribution is 2.22. The molecule has 0 saturated carbocycles. The lowest BCUT2D eigenvalue weighted by atomic mass is 9.96. The minimum atomic E-state index is -1.43. The second-order valence-corrected chi connectivity index (χ2v) is 24.1. The summed E-state index contributed by atoms with van der Waals surface area (Å²) in [6.07, 6.45) is 2.70. The number of hydrogen-bond donors (Lipinski definition) is 18. The molecule has 97 heavy (non-hydrogen) atoms. The molecule has 34 nitrogen and oxygen atoms in total. The lowest BCUT2D eigenvalue weighted by Crippen LogP contribution is -2.61. The minimum Gasteiger partial charge on any atom is -0.508 e. The third-order valence-corrected chi connectivity index (χ3v) is 15.6. The molecule has 1 aliphatic heterocycles. The monoisotopic (exact) mass is 1360 g/mol. The number of aryl methyl sites for hydroxylation is 1. The van der Waals surface area contributed by atoms with Crippen molar-refractivity contribution in [3.05, 3.63) is 65.7 Å². The fraction of sp³-hybridized carbons (Fsp3) is 0.587. The molecule has 1 heterocycles. The van der Waals surface area contributed by atoms with E-state index in [1.54, 1.807) is 70.2 Å². The fourth-order valence-corrected chi connectivity index (χ4v) is 10.3. The first-order chi connectivity index (χ1) is 46.1. The maximum atomic E-state index is 14.7. The van der Waals surface area contributed by atoms with Crippen LogP contribution in [0.1, 0.15) is 129 Å². The number of aliphatic imine (C=N–C) groups is 3. The van der Waals surface area contributed by atoms with Gasteiger partial charge in [0.15, 0.2) is 17.9 Å². The Balaban J connectivity index is 1.90. The standard InChI is InChI=1S/C63H103N21O13/c1-5-38(4)52(59(95)81-45(20-13-31-74-63(70)71)60(96)84-32-14-21-48(84)58(94)78-42(53(65)89)17-9-10-28-64)83-55(91)44(19-12-30-73-62(68)69)79-54(90)43(18-11-29-72-61(66)67)80-56(92)46(33-37(2)3)82-57(93)47(34-40-15-7-6-8-16-40)77-50(87)35-75-49(86)36-76-97-51(88)27-24-39-22-25-41(85)26-23-39/h6-8,15-16,22-23,25-26,37-38,42-48,52,76,85H,5,9-14,17-21,24,27-36,64H2,1-4H3,(H2,65,89)(H,75,86)(H,77,87)(H,78,94)(H,79,90)(H,80,92)(H,81,95)(H,82,93)(H,83,91)(H4,66,67,72)(H4,68,69,73)(H4,70,71,74)/t38-,42-,43-,44-,45-,46-,47-,48-,52-/m0/s1. The number of aromatic hydroxyl groups is 1. The molecule has 3 rings (SSSR count). The minimum absolute atomic E-state index is 0.00480. The molecule has 0 aliphatic carbocycles. The average Bonchev–Trinajstić information content (AvgIpc) is 1.76. The fourth-order valence-electron chi connectivity index (χ4n) is 10.3. The zero-order valence-corrected chi connectivity index (χ0v) is 56.0. The van der Waals surface area contributed by atoms with Crippen LogP contribution >= 0.6 is 0 Å². The number of carbonyl (C=O) groups excluding carboxylic acids is 11. The molecule has 0 aromatic heterocycles. The quantitative estimate of drug-likeness (QED) is 0.0130. The number of hydroxylamine groups is 1. The molecule has 2 aromatic carbocycles. The molecule has 1 aliphatic rings. The highest BCUT2D eigenvalue weighted by molar-refractivity contribution is 5.98. The van der Waals surface area contributed by atoms with E-state index in [0.29, 0.717) is 44.2 Å². The summed E-state index contributed by atoms with van der Waals surface area (Å²) in [5.41, 5.74) is 48.5. The summed E-state index contributed by atoms with van der Waals surface area (Å²) in [5.74, 6) is -9.77. The van der Waals surface area contributed by atoms with Gasteiger partial charge in [0.2, 0.25) is 59.1 Å². The normalized spacial score (nSPS) is 15.0. The Morgan fingerprint density at radius 3 is 1.65 bits per heavy atom. The Morgan fingerprint density at radius 1 is 0.577 bits per heavy atom. The molecule has 0 bridgehead atoms. The highest BCUT2D eigenvalue weighted by Gasteiger charge is 2.41. The van der Waals surface area contributed by atoms with Gasteiger partial charge in [-0.15, -0.1) is 5.48 Å². The van der Waals surface area contributed by atoms with Crippen molar-refractivity contribution in [2.24, 2.45) is 72.7 Å². The van der Waals surface area contributed by atoms with Crippen molar-refractivity contribution in [3.63, 3.8) is 0 Å². The number of benzene rings is 2. The third kappa shape index (κ3) is 32.0. The van der Waals surface area contributed by atoms with Crippen molar-refractivity contribution < 1.29 is 62.7 Å². The molecule has 1 saturated heterocycles. The van der Waals surface area contributed by atoms with Gasteiger partial charge >= 0.3 is 5.97 Å². The average molecular weight is 1360 g/mol. The van der Waals surface area contributed by atoms with Crippen LogP contribution in [0.3, 0.4) is 0 Å². The molecule has 1 fully saturated rings. The van der Waals surface area contributed by atoms with E-state index in [2.05, 4.69) is 63.0 Å². The van der Waals surface area contributed by atoms with Gasteiger partial charge < -0.3 is 103 Å². The van der Waals surface area contributed by atoms with Crippen LogP contribution in [0.25, 0.3) is 0 Å². The number of phenolic OH excluding ortho intramolecular Hbond substituents is 1. The van der Waals surface area contributed by atoms with Crippen molar-refractivity contribution in [1.29, 1.82) is 0 Å². The maximum Gasteiger partial charge on any atom is 0.325 e. The number of guanidine groups is 3. The molecule has 9 atom stereocenters. The zero-order valence-electron chi connectivity index (χ0n) is 56.0. The highest BCUT2D eigenvalue weighted by atomic mass is 16.7. The van der Waals surface area contributed by atoms with Crippen molar-refractivity contribution in [3.8, 4) is 5.75 Å². The number of unbranched alkanes of at least 4 members (excludes halogenated alkanes) is 1. The largest absolute Gasteiger partial charge is 0.508 e. The molecule has 34 heteroatoms. The first kappa shape index (κ1) is 81.4. The summed E-state index contributed by atoms with van der Waals surface area (Å²) in [7, 11) is 0. The van der Waals surface area contributed by atoms with Gasteiger partial charge in [-0.05, 0) is 125 Å². The molecule has 26 N–H and O–H groups in total. The van der Waals surface area contributed by atoms with Gasteiger partial charge in [-0.2, -0.15) is 0 Å². The smallest absolute Gasteiger partial charge is 0.325 e. The summed E-state index contributed by atoms with van der Waals surface area (Å²) in [5, 5.41) is 31.0. The van der Waals surface area contributed by atoms with Crippen LogP contribution in [0.2, 0.25) is 0 Å². The number of primary amides is 1. The Bertz CT molecular complexity index is 2980. The van der Waals surface area contributed by atoms with Crippen LogP contribution in [0.15, 0.2) is 69.6 Å². The topological polar surface area (TPSA) is 574 Å². The number of likely N-dealkylation sites (tertiary alicyclic amines) is 1. The second kappa shape index (κ2) is 44.0. The number of rotatable bonds is 45. The van der Waals surface area contributed by atoms with E-state index in [9.17, 15) is 57.8 Å². The van der Waals surface area contributed by atoms with Crippen LogP contribution < -0.4 is 93.9 Å². The van der Waals surface area contributed by atoms with Crippen LogP contribution in [0, 0.1) is 11.8 Å². The molecule has 0 radical (unpaired) electrons. The summed E-state index contributed by atoms with van der Waals surface area (Å²) in [6.45, 7) is 6.50. The van der Waals surface area contributed by atoms with Gasteiger partial charge in [0.1, 0.15) is 60.6 Å². The van der Waals surface area contributed by atoms with E-state index in [1.807, 2.05) is 0 Å². The van der Waals surface area contributed by atoms with E-state index < -0.39 is 132 Å². The molecule has 0 spiro atoms. The molecule has 538 valence electrons. The summed E-state index contributed by atoms with van der Waals surface area (Å²) in [4.78, 5) is 171. The number of nitrogens with two attached hydrogens (primary N) is 8. The summed E-state index contributed by atoms with van der Waals surface area (Å²) in [6, 6.07) is 4.72. The second-order valence-electron chi connectivity index (χ2n) is 24.1. The lowest BCUT2D eigenvalue weighted by molar-refractivity contribution is -0.152. The number of amides is 10. The summed E-state index contributed by atoms with van der Waals surface area (Å²) < 4.78 is 0. The van der Waals surface area contributed by atoms with Gasteiger partial charge in [-0.3, -0.25) is 67.7 Å². The Kier molecular flexibility index (Phi) is 36.9. The first-order valence-electron chi connectivity index (χ1n) is 32.7. The van der Waals surface area contributed by atoms with Gasteiger partial charge in [-0.25, -0.2) is 0 Å². The SMILES string of the molecule is CC[C@H](C)[C@H](NC(=O)[C@H](CCCN=C(N)N)NC(=O)[C@H](CCCN=C(N)N)NC(=O)[C@H](CC(C)C)NC(=O)[C@H](Cc1ccccc1)NC(=O)CNC(=O)CNOC(=O)CCc1ccc(O)cc1)C(=O)N[C@@H](CCCN=C(N)N)C(=O)N1CCC[C@H]1C(=O)N[C@@H](CCCCN)C(N)=O. The first-order valence-corrected chi connectivity index (χ1v) is 32.7. The lowest BCUT2D eigenvalue weighted by Gasteiger charge is -2.32. The molecular weight excluding hydrogens is 1260 g/mol. The number of hydrogen-bond acceptors (Lipinski definition) is 18. The van der Waals surface area contributed by atoms with Gasteiger partial charge in [0.25, 0.3) is 0 Å². The number of carbonyl (C=O) groups is 11. The van der Waals surface area contributed by atoms with E-state index in [4.69, 9.17) is 50.7 Å². The van der Waals surface area contributed by atoms with Crippen molar-refractivity contribution in [2.45, 2.75) is 179 Å². The van der Waals surface area contributed by atoms with E-state index >= 15 is 0 Å². The van der Waals surface area contributed by atoms with Crippen molar-refractivity contribution in [1.82, 2.24) is 52.9 Å². The van der Waals surface area contributed by atoms with E-state index in [-0.39, 0.29) is 126 Å². The van der Waals surface area contributed by atoms with Crippen LogP contribution in [-0.4, -0.2) is 187 Å². The third-order valence-electron chi connectivity index (χ3n) is 15.6. The van der Waals surface area contributed by atoms with Crippen LogP contribution in [-0.2, 0) is 70.4 Å². The van der Waals surface area contributed by atoms with Crippen molar-refractivity contribution >= 4 is 82.9 Å². The molecule has 10 amide bonds. The van der Waals surface area contributed by atoms with Crippen molar-refractivity contribution in [2.75, 3.05) is 45.8 Å². The number of phenols is 1. The van der Waals surface area contributed by atoms with Gasteiger partial charge in [-0.1, -0.05) is 76.6 Å². The van der Waals surface area contributed by atoms with Crippen LogP contribution in [0.5, 0.6) is 5.75 Å². The van der Waals surface area contributed by atoms with Gasteiger partial charge in [0, 0.05) is 32.6 Å². The molecule has 2 aromatic rings. The van der Waals surface area contributed by atoms with Crippen LogP contribution in [0.4, 0.5) is 0 Å². The predicted molar refractivity (Wildman–Crippen MR) is 363 cm³/mol. The number of nitrogens with one attached hydrogen (secondary N) is 9.